The molecule has 1 fully saturated rings. The first-order valence-corrected chi connectivity index (χ1v) is 8.14. The first-order valence-electron chi connectivity index (χ1n) is 8.14. The molecule has 1 saturated carbocycles. The predicted molar refractivity (Wildman–Crippen MR) is 90.7 cm³/mol. The molecular weight excluding hydrogens is 258 g/mol. The third-order valence-electron chi connectivity index (χ3n) is 4.94. The SMILES string of the molecule is CNCCc1ccc(CN(C)CC2(N(C)C)CCC2)cc1. The summed E-state index contributed by atoms with van der Waals surface area (Å²) in [7, 11) is 8.70. The molecule has 3 nitrogen and oxygen atoms in total. The third kappa shape index (κ3) is 4.29. The van der Waals surface area contributed by atoms with Gasteiger partial charge in [-0.2, -0.15) is 0 Å². The zero-order valence-electron chi connectivity index (χ0n) is 14.2. The van der Waals surface area contributed by atoms with E-state index in [1.54, 1.807) is 0 Å². The van der Waals surface area contributed by atoms with Crippen molar-refractivity contribution in [1.82, 2.24) is 15.1 Å². The molecule has 0 amide bonds. The molecule has 0 spiro atoms. The van der Waals surface area contributed by atoms with E-state index in [1.807, 2.05) is 7.05 Å². The van der Waals surface area contributed by atoms with E-state index in [0.29, 0.717) is 5.54 Å². The highest BCUT2D eigenvalue weighted by Crippen LogP contribution is 2.36. The molecule has 1 aromatic carbocycles. The first kappa shape index (κ1) is 16.5. The van der Waals surface area contributed by atoms with Crippen LogP contribution in [0.2, 0.25) is 0 Å². The zero-order chi connectivity index (χ0) is 15.3. The number of hydrogen-bond acceptors (Lipinski definition) is 3. The molecule has 0 heterocycles. The Hall–Kier alpha value is -0.900. The normalized spacial score (nSPS) is 17.2. The minimum Gasteiger partial charge on any atom is -0.319 e. The lowest BCUT2D eigenvalue weighted by Gasteiger charge is -2.49. The fraction of sp³-hybridized carbons (Fsp3) is 0.667. The quantitative estimate of drug-likeness (QED) is 0.792. The van der Waals surface area contributed by atoms with Gasteiger partial charge in [-0.25, -0.2) is 0 Å². The summed E-state index contributed by atoms with van der Waals surface area (Å²) in [5.41, 5.74) is 3.25. The maximum atomic E-state index is 3.20. The summed E-state index contributed by atoms with van der Waals surface area (Å²) in [5, 5.41) is 3.20. The van der Waals surface area contributed by atoms with Crippen molar-refractivity contribution in [3.05, 3.63) is 35.4 Å². The standard InChI is InChI=1S/C18H31N3/c1-19-13-10-16-6-8-17(9-7-16)14-21(4)15-18(20(2)3)11-5-12-18/h6-9,19H,5,10-15H2,1-4H3. The minimum atomic E-state index is 0.418. The van der Waals surface area contributed by atoms with Crippen LogP contribution in [0.1, 0.15) is 30.4 Å². The van der Waals surface area contributed by atoms with Crippen LogP contribution < -0.4 is 5.32 Å². The fourth-order valence-electron chi connectivity index (χ4n) is 3.28. The Kier molecular flexibility index (Phi) is 5.80. The molecule has 0 radical (unpaired) electrons. The molecular formula is C18H31N3. The van der Waals surface area contributed by atoms with E-state index in [-0.39, 0.29) is 0 Å². The van der Waals surface area contributed by atoms with Gasteiger partial charge in [0.15, 0.2) is 0 Å². The molecule has 1 aliphatic rings. The van der Waals surface area contributed by atoms with Crippen molar-refractivity contribution in [3.63, 3.8) is 0 Å². The fourth-order valence-corrected chi connectivity index (χ4v) is 3.28. The first-order chi connectivity index (χ1) is 10.1. The van der Waals surface area contributed by atoms with Crippen LogP contribution in [-0.4, -0.2) is 56.6 Å². The Bertz CT molecular complexity index is 421. The average Bonchev–Trinajstić information content (AvgIpc) is 2.41. The smallest absolute Gasteiger partial charge is 0.0330 e. The second-order valence-corrected chi connectivity index (χ2v) is 6.81. The molecule has 0 bridgehead atoms. The predicted octanol–water partition coefficient (Wildman–Crippen LogP) is 2.36. The van der Waals surface area contributed by atoms with Crippen molar-refractivity contribution < 1.29 is 0 Å². The lowest BCUT2D eigenvalue weighted by Crippen LogP contribution is -2.56. The molecule has 0 atom stereocenters. The zero-order valence-corrected chi connectivity index (χ0v) is 14.2. The van der Waals surface area contributed by atoms with Gasteiger partial charge >= 0.3 is 0 Å². The second-order valence-electron chi connectivity index (χ2n) is 6.81. The van der Waals surface area contributed by atoms with E-state index >= 15 is 0 Å². The molecule has 1 aromatic rings. The van der Waals surface area contributed by atoms with E-state index in [1.165, 1.54) is 36.9 Å². The van der Waals surface area contributed by atoms with E-state index < -0.39 is 0 Å². The Morgan fingerprint density at radius 2 is 1.67 bits per heavy atom. The largest absolute Gasteiger partial charge is 0.319 e. The number of nitrogens with one attached hydrogen (secondary N) is 1. The van der Waals surface area contributed by atoms with E-state index in [9.17, 15) is 0 Å². The molecule has 21 heavy (non-hydrogen) atoms. The van der Waals surface area contributed by atoms with Gasteiger partial charge in [0.2, 0.25) is 0 Å². The van der Waals surface area contributed by atoms with Crippen LogP contribution in [0, 0.1) is 0 Å². The molecule has 0 unspecified atom stereocenters. The van der Waals surface area contributed by atoms with E-state index in [4.69, 9.17) is 0 Å². The molecule has 3 heteroatoms. The van der Waals surface area contributed by atoms with Gasteiger partial charge in [0, 0.05) is 18.6 Å². The maximum absolute atomic E-state index is 3.20. The summed E-state index contributed by atoms with van der Waals surface area (Å²) < 4.78 is 0. The average molecular weight is 289 g/mol. The summed E-state index contributed by atoms with van der Waals surface area (Å²) in [5.74, 6) is 0. The Labute approximate surface area is 130 Å². The molecule has 118 valence electrons. The second kappa shape index (κ2) is 7.39. The molecule has 1 N–H and O–H groups in total. The number of nitrogens with zero attached hydrogens (tertiary/aromatic N) is 2. The number of benzene rings is 1. The summed E-state index contributed by atoms with van der Waals surface area (Å²) >= 11 is 0. The molecule has 1 aliphatic carbocycles. The van der Waals surface area contributed by atoms with Crippen LogP contribution in [0.25, 0.3) is 0 Å². The van der Waals surface area contributed by atoms with Crippen LogP contribution in [0.4, 0.5) is 0 Å². The van der Waals surface area contributed by atoms with E-state index in [2.05, 4.69) is 60.5 Å². The third-order valence-corrected chi connectivity index (χ3v) is 4.94. The lowest BCUT2D eigenvalue weighted by atomic mass is 9.75. The lowest BCUT2D eigenvalue weighted by molar-refractivity contribution is 0.0259. The summed E-state index contributed by atoms with van der Waals surface area (Å²) in [4.78, 5) is 4.90. The minimum absolute atomic E-state index is 0.418. The van der Waals surface area contributed by atoms with Crippen LogP contribution in [0.5, 0.6) is 0 Å². The van der Waals surface area contributed by atoms with Gasteiger partial charge in [-0.3, -0.25) is 0 Å². The number of hydrogen-bond donors (Lipinski definition) is 1. The number of rotatable bonds is 8. The summed E-state index contributed by atoms with van der Waals surface area (Å²) in [6, 6.07) is 9.10. The van der Waals surface area contributed by atoms with Gasteiger partial charge < -0.3 is 15.1 Å². The summed E-state index contributed by atoms with van der Waals surface area (Å²) in [6.45, 7) is 3.26. The van der Waals surface area contributed by atoms with Gasteiger partial charge in [-0.05, 0) is 71.5 Å². The highest BCUT2D eigenvalue weighted by atomic mass is 15.2. The van der Waals surface area contributed by atoms with Crippen molar-refractivity contribution in [3.8, 4) is 0 Å². The highest BCUT2D eigenvalue weighted by Gasteiger charge is 2.39. The van der Waals surface area contributed by atoms with Crippen molar-refractivity contribution in [2.45, 2.75) is 37.8 Å². The van der Waals surface area contributed by atoms with Crippen molar-refractivity contribution in [2.24, 2.45) is 0 Å². The maximum Gasteiger partial charge on any atom is 0.0330 e. The monoisotopic (exact) mass is 289 g/mol. The highest BCUT2D eigenvalue weighted by molar-refractivity contribution is 5.22. The van der Waals surface area contributed by atoms with Crippen molar-refractivity contribution in [2.75, 3.05) is 41.3 Å². The molecule has 0 aromatic heterocycles. The van der Waals surface area contributed by atoms with Gasteiger partial charge in [0.25, 0.3) is 0 Å². The van der Waals surface area contributed by atoms with Crippen molar-refractivity contribution >= 4 is 0 Å². The van der Waals surface area contributed by atoms with E-state index in [0.717, 1.165) is 19.5 Å². The van der Waals surface area contributed by atoms with Crippen LogP contribution in [0.3, 0.4) is 0 Å². The molecule has 0 saturated heterocycles. The topological polar surface area (TPSA) is 18.5 Å². The number of likely N-dealkylation sites (N-methyl/N-ethyl adjacent to an activating group) is 3. The van der Waals surface area contributed by atoms with Gasteiger partial charge in [0.05, 0.1) is 0 Å². The van der Waals surface area contributed by atoms with Crippen LogP contribution in [-0.2, 0) is 13.0 Å². The van der Waals surface area contributed by atoms with Crippen molar-refractivity contribution in [1.29, 1.82) is 0 Å². The summed E-state index contributed by atoms with van der Waals surface area (Å²) in [6.07, 6.45) is 5.17. The van der Waals surface area contributed by atoms with Gasteiger partial charge in [-0.1, -0.05) is 24.3 Å². The van der Waals surface area contributed by atoms with Crippen LogP contribution >= 0.6 is 0 Å². The van der Waals surface area contributed by atoms with Gasteiger partial charge in [0.1, 0.15) is 0 Å². The van der Waals surface area contributed by atoms with Crippen LogP contribution in [0.15, 0.2) is 24.3 Å². The Balaban J connectivity index is 1.86. The van der Waals surface area contributed by atoms with Gasteiger partial charge in [-0.15, -0.1) is 0 Å². The Morgan fingerprint density at radius 3 is 2.14 bits per heavy atom. The molecule has 2 rings (SSSR count). The molecule has 0 aliphatic heterocycles. The Morgan fingerprint density at radius 1 is 1.05 bits per heavy atom.